The molecule has 7 heteroatoms. The van der Waals surface area contributed by atoms with Gasteiger partial charge in [-0.05, 0) is 12.1 Å². The van der Waals surface area contributed by atoms with E-state index in [4.69, 9.17) is 9.84 Å². The van der Waals surface area contributed by atoms with Gasteiger partial charge in [0.15, 0.2) is 0 Å². The Balaban J connectivity index is 1.59. The van der Waals surface area contributed by atoms with Gasteiger partial charge in [0.2, 0.25) is 0 Å². The molecule has 2 saturated heterocycles. The third-order valence-electron chi connectivity index (χ3n) is 4.06. The fraction of sp³-hybridized carbons (Fsp3) is 0.571. The van der Waals surface area contributed by atoms with Gasteiger partial charge in [-0.2, -0.15) is 0 Å². The maximum atomic E-state index is 12.4. The molecule has 1 aromatic rings. The molecule has 0 aliphatic carbocycles. The van der Waals surface area contributed by atoms with E-state index in [1.807, 2.05) is 4.90 Å². The second-order valence-electron chi connectivity index (χ2n) is 5.42. The molecule has 7 nitrogen and oxygen atoms in total. The zero-order valence-electron chi connectivity index (χ0n) is 11.7. The molecule has 3 atom stereocenters. The summed E-state index contributed by atoms with van der Waals surface area (Å²) in [6.07, 6.45) is 3.26. The van der Waals surface area contributed by atoms with Gasteiger partial charge < -0.3 is 14.7 Å². The number of pyridine rings is 1. The highest BCUT2D eigenvalue weighted by Crippen LogP contribution is 2.25. The number of hydrogen-bond acceptors (Lipinski definition) is 6. The number of carbonyl (C=O) groups excluding carboxylic acids is 1. The Labute approximate surface area is 123 Å². The van der Waals surface area contributed by atoms with Crippen LogP contribution < -0.4 is 10.9 Å². The van der Waals surface area contributed by atoms with E-state index in [1.54, 1.807) is 24.5 Å². The predicted octanol–water partition coefficient (Wildman–Crippen LogP) is -0.992. The minimum absolute atomic E-state index is 0.0225. The number of aliphatic hydroxyl groups is 1. The molecule has 2 aliphatic rings. The fourth-order valence-corrected chi connectivity index (χ4v) is 2.99. The molecule has 2 aliphatic heterocycles. The maximum Gasteiger partial charge on any atom is 0.255 e. The lowest BCUT2D eigenvalue weighted by molar-refractivity contribution is 0.0669. The van der Waals surface area contributed by atoms with Crippen molar-refractivity contribution in [2.24, 2.45) is 5.92 Å². The van der Waals surface area contributed by atoms with Crippen molar-refractivity contribution in [1.29, 1.82) is 0 Å². The van der Waals surface area contributed by atoms with Gasteiger partial charge in [-0.15, -0.1) is 0 Å². The number of nitrogens with zero attached hydrogens (tertiary/aromatic N) is 2. The first kappa shape index (κ1) is 14.4. The number of rotatable bonds is 5. The molecular weight excluding hydrogens is 272 g/mol. The molecule has 0 radical (unpaired) electrons. The lowest BCUT2D eigenvalue weighted by Gasteiger charge is -2.20. The largest absolute Gasteiger partial charge is 0.394 e. The zero-order valence-corrected chi connectivity index (χ0v) is 11.7. The summed E-state index contributed by atoms with van der Waals surface area (Å²) in [6.45, 7) is 2.28. The van der Waals surface area contributed by atoms with Crippen molar-refractivity contribution in [1.82, 2.24) is 20.7 Å². The summed E-state index contributed by atoms with van der Waals surface area (Å²) in [6, 6.07) is 3.97. The molecule has 3 N–H and O–H groups in total. The van der Waals surface area contributed by atoms with Crippen LogP contribution in [0.1, 0.15) is 10.4 Å². The normalized spacial score (nSPS) is 27.9. The monoisotopic (exact) mass is 292 g/mol. The van der Waals surface area contributed by atoms with E-state index in [9.17, 15) is 4.79 Å². The number of aliphatic hydroxyl groups excluding tert-OH is 1. The highest BCUT2D eigenvalue weighted by molar-refractivity contribution is 5.94. The molecule has 1 aromatic heterocycles. The number of carbonyl (C=O) groups is 1. The average molecular weight is 292 g/mol. The summed E-state index contributed by atoms with van der Waals surface area (Å²) >= 11 is 0. The molecule has 114 valence electrons. The van der Waals surface area contributed by atoms with Crippen LogP contribution >= 0.6 is 0 Å². The van der Waals surface area contributed by atoms with Crippen LogP contribution in [0, 0.1) is 5.92 Å². The first-order chi connectivity index (χ1) is 10.3. The molecule has 0 saturated carbocycles. The van der Waals surface area contributed by atoms with E-state index in [0.717, 1.165) is 0 Å². The van der Waals surface area contributed by atoms with Crippen molar-refractivity contribution >= 4 is 5.91 Å². The quantitative estimate of drug-likeness (QED) is 0.604. The Hall–Kier alpha value is -1.54. The third-order valence-corrected chi connectivity index (χ3v) is 4.06. The highest BCUT2D eigenvalue weighted by Gasteiger charge is 2.44. The van der Waals surface area contributed by atoms with E-state index in [0.29, 0.717) is 37.8 Å². The molecule has 0 aromatic carbocycles. The molecule has 0 bridgehead atoms. The van der Waals surface area contributed by atoms with E-state index < -0.39 is 0 Å². The van der Waals surface area contributed by atoms with Crippen LogP contribution in [0.15, 0.2) is 24.5 Å². The Morgan fingerprint density at radius 1 is 1.48 bits per heavy atom. The Morgan fingerprint density at radius 2 is 2.38 bits per heavy atom. The molecule has 3 rings (SSSR count). The van der Waals surface area contributed by atoms with Crippen LogP contribution in [0.5, 0.6) is 0 Å². The van der Waals surface area contributed by atoms with Gasteiger partial charge in [0, 0.05) is 37.4 Å². The number of nitrogens with one attached hydrogen (secondary N) is 2. The highest BCUT2D eigenvalue weighted by atomic mass is 16.5. The van der Waals surface area contributed by atoms with Crippen LogP contribution in [0.25, 0.3) is 0 Å². The Kier molecular flexibility index (Phi) is 4.45. The molecule has 0 spiro atoms. The predicted molar refractivity (Wildman–Crippen MR) is 75.4 cm³/mol. The number of hydrazine groups is 1. The smallest absolute Gasteiger partial charge is 0.255 e. The summed E-state index contributed by atoms with van der Waals surface area (Å²) in [4.78, 5) is 18.3. The van der Waals surface area contributed by atoms with Crippen molar-refractivity contribution in [3.05, 3.63) is 30.1 Å². The van der Waals surface area contributed by atoms with Crippen molar-refractivity contribution in [2.45, 2.75) is 12.1 Å². The minimum Gasteiger partial charge on any atom is -0.394 e. The van der Waals surface area contributed by atoms with Gasteiger partial charge >= 0.3 is 0 Å². The van der Waals surface area contributed by atoms with E-state index in [-0.39, 0.29) is 24.6 Å². The van der Waals surface area contributed by atoms with Gasteiger partial charge in [0.25, 0.3) is 5.91 Å². The zero-order chi connectivity index (χ0) is 14.7. The van der Waals surface area contributed by atoms with Crippen molar-refractivity contribution in [3.63, 3.8) is 0 Å². The van der Waals surface area contributed by atoms with E-state index >= 15 is 0 Å². The Morgan fingerprint density at radius 3 is 3.14 bits per heavy atom. The molecule has 3 heterocycles. The van der Waals surface area contributed by atoms with Crippen LogP contribution in [0.4, 0.5) is 0 Å². The van der Waals surface area contributed by atoms with Gasteiger partial charge in [-0.1, -0.05) is 0 Å². The van der Waals surface area contributed by atoms with Gasteiger partial charge in [-0.25, -0.2) is 0 Å². The lowest BCUT2D eigenvalue weighted by Crippen LogP contribution is -2.42. The second-order valence-corrected chi connectivity index (χ2v) is 5.42. The van der Waals surface area contributed by atoms with Crippen molar-refractivity contribution in [3.8, 4) is 0 Å². The summed E-state index contributed by atoms with van der Waals surface area (Å²) in [7, 11) is 0. The number of ether oxygens (including phenoxy) is 1. The molecule has 3 unspecified atom stereocenters. The molecule has 21 heavy (non-hydrogen) atoms. The number of likely N-dealkylation sites (tertiary alicyclic amines) is 1. The summed E-state index contributed by atoms with van der Waals surface area (Å²) in [5.41, 5.74) is 7.06. The standard InChI is InChI=1S/C14H20N4O3/c19-4-5-21-9-13-11-7-18(8-12(11)16-17-13)14(20)10-2-1-3-15-6-10/h1-3,6,11-13,16-17,19H,4-5,7-9H2. The molecule has 1 amide bonds. The Bertz CT molecular complexity index is 484. The maximum absolute atomic E-state index is 12.4. The SMILES string of the molecule is O=C(c1cccnc1)N1CC2NNC(COCCO)C2C1. The topological polar surface area (TPSA) is 86.7 Å². The average Bonchev–Trinajstić information content (AvgIpc) is 3.09. The second kappa shape index (κ2) is 6.48. The molecular formula is C14H20N4O3. The number of amides is 1. The van der Waals surface area contributed by atoms with Crippen molar-refractivity contribution < 1.29 is 14.6 Å². The van der Waals surface area contributed by atoms with Gasteiger partial charge in [0.05, 0.1) is 31.4 Å². The van der Waals surface area contributed by atoms with Crippen LogP contribution in [-0.4, -0.2) is 65.9 Å². The summed E-state index contributed by atoms with van der Waals surface area (Å²) in [5, 5.41) is 8.75. The number of fused-ring (bicyclic) bond motifs is 1. The minimum atomic E-state index is 0.0225. The summed E-state index contributed by atoms with van der Waals surface area (Å²) < 4.78 is 5.39. The number of hydrogen-bond donors (Lipinski definition) is 3. The summed E-state index contributed by atoms with van der Waals surface area (Å²) in [5.74, 6) is 0.346. The van der Waals surface area contributed by atoms with Gasteiger partial charge in [0.1, 0.15) is 0 Å². The van der Waals surface area contributed by atoms with Crippen LogP contribution in [-0.2, 0) is 4.74 Å². The van der Waals surface area contributed by atoms with Crippen LogP contribution in [0.2, 0.25) is 0 Å². The lowest BCUT2D eigenvalue weighted by atomic mass is 9.98. The first-order valence-corrected chi connectivity index (χ1v) is 7.18. The van der Waals surface area contributed by atoms with Crippen molar-refractivity contribution in [2.75, 3.05) is 32.9 Å². The van der Waals surface area contributed by atoms with E-state index in [1.165, 1.54) is 0 Å². The van der Waals surface area contributed by atoms with Gasteiger partial charge in [-0.3, -0.25) is 20.6 Å². The third kappa shape index (κ3) is 3.06. The van der Waals surface area contributed by atoms with Crippen LogP contribution in [0.3, 0.4) is 0 Å². The number of aromatic nitrogens is 1. The van der Waals surface area contributed by atoms with E-state index in [2.05, 4.69) is 15.8 Å². The first-order valence-electron chi connectivity index (χ1n) is 7.18. The fourth-order valence-electron chi connectivity index (χ4n) is 2.99. The molecule has 2 fully saturated rings.